The summed E-state index contributed by atoms with van der Waals surface area (Å²) in [7, 11) is 0. The van der Waals surface area contributed by atoms with Gasteiger partial charge in [-0.05, 0) is 42.3 Å². The average Bonchev–Trinajstić information content (AvgIpc) is 2.69. The van der Waals surface area contributed by atoms with Gasteiger partial charge in [-0.25, -0.2) is 0 Å². The Kier molecular flexibility index (Phi) is 3.47. The molecule has 20 heavy (non-hydrogen) atoms. The summed E-state index contributed by atoms with van der Waals surface area (Å²) >= 11 is 4.75. The zero-order valence-electron chi connectivity index (χ0n) is 9.90. The minimum atomic E-state index is -3.58. The second-order valence-corrected chi connectivity index (χ2v) is 5.79. The van der Waals surface area contributed by atoms with Crippen LogP contribution in [0.4, 0.5) is 14.5 Å². The molecule has 1 heterocycles. The molecule has 1 N–H and O–H groups in total. The van der Waals surface area contributed by atoms with Crippen molar-refractivity contribution in [1.82, 2.24) is 0 Å². The molecule has 1 aliphatic rings. The van der Waals surface area contributed by atoms with E-state index < -0.39 is 6.29 Å². The molecule has 0 fully saturated rings. The highest BCUT2D eigenvalue weighted by Gasteiger charge is 2.43. The second-order valence-electron chi connectivity index (χ2n) is 3.99. The van der Waals surface area contributed by atoms with Gasteiger partial charge in [-0.3, -0.25) is 0 Å². The van der Waals surface area contributed by atoms with Gasteiger partial charge in [0, 0.05) is 21.1 Å². The predicted octanol–water partition coefficient (Wildman–Crippen LogP) is 4.89. The fourth-order valence-electron chi connectivity index (χ4n) is 1.66. The zero-order chi connectivity index (χ0) is 14.2. The lowest BCUT2D eigenvalue weighted by molar-refractivity contribution is -0.286. The Morgan fingerprint density at radius 2 is 1.85 bits per heavy atom. The first-order valence-corrected chi connectivity index (χ1v) is 7.21. The monoisotopic (exact) mass is 359 g/mol. The Bertz CT molecular complexity index is 654. The fourth-order valence-corrected chi connectivity index (χ4v) is 2.91. The Hall–Kier alpha value is -1.47. The van der Waals surface area contributed by atoms with Crippen LogP contribution < -0.4 is 14.2 Å². The normalized spacial score (nSPS) is 15.2. The van der Waals surface area contributed by atoms with Gasteiger partial charge in [-0.1, -0.05) is 22.0 Å². The second kappa shape index (κ2) is 5.14. The Balaban J connectivity index is 1.71. The summed E-state index contributed by atoms with van der Waals surface area (Å²) < 4.78 is 38.5. The Labute approximate surface area is 126 Å². The molecule has 0 saturated heterocycles. The molecule has 0 saturated carbocycles. The van der Waals surface area contributed by atoms with Crippen LogP contribution in [0.5, 0.6) is 11.5 Å². The molecule has 0 radical (unpaired) electrons. The van der Waals surface area contributed by atoms with Gasteiger partial charge in [0.2, 0.25) is 0 Å². The van der Waals surface area contributed by atoms with Crippen molar-refractivity contribution >= 4 is 33.6 Å². The molecule has 0 unspecified atom stereocenters. The predicted molar refractivity (Wildman–Crippen MR) is 76.3 cm³/mol. The topological polar surface area (TPSA) is 30.5 Å². The third-order valence-corrected chi connectivity index (χ3v) is 3.80. The van der Waals surface area contributed by atoms with Crippen LogP contribution in [0.15, 0.2) is 51.8 Å². The molecule has 1 aliphatic heterocycles. The van der Waals surface area contributed by atoms with Crippen LogP contribution in [0.3, 0.4) is 0 Å². The SMILES string of the molecule is FC1(F)Oc2ccc(NSc3cccc(Br)c3)cc2O1. The average molecular weight is 360 g/mol. The van der Waals surface area contributed by atoms with E-state index in [2.05, 4.69) is 30.1 Å². The summed E-state index contributed by atoms with van der Waals surface area (Å²) in [6.45, 7) is 0. The minimum absolute atomic E-state index is 0.0230. The number of alkyl halides is 2. The van der Waals surface area contributed by atoms with E-state index in [1.165, 1.54) is 24.1 Å². The quantitative estimate of drug-likeness (QED) is 0.790. The fraction of sp³-hybridized carbons (Fsp3) is 0.0769. The number of rotatable bonds is 3. The van der Waals surface area contributed by atoms with Crippen LogP contribution in [0, 0.1) is 0 Å². The van der Waals surface area contributed by atoms with Crippen molar-refractivity contribution in [3.8, 4) is 11.5 Å². The summed E-state index contributed by atoms with van der Waals surface area (Å²) in [5.74, 6) is 0.0582. The molecule has 2 aromatic rings. The zero-order valence-corrected chi connectivity index (χ0v) is 12.3. The Morgan fingerprint density at radius 3 is 2.65 bits per heavy atom. The molecule has 0 amide bonds. The molecule has 0 spiro atoms. The summed E-state index contributed by atoms with van der Waals surface area (Å²) in [5, 5.41) is 0. The van der Waals surface area contributed by atoms with Gasteiger partial charge in [0.25, 0.3) is 0 Å². The van der Waals surface area contributed by atoms with Gasteiger partial charge in [0.1, 0.15) is 0 Å². The van der Waals surface area contributed by atoms with Crippen molar-refractivity contribution in [1.29, 1.82) is 0 Å². The van der Waals surface area contributed by atoms with Gasteiger partial charge in [0.15, 0.2) is 11.5 Å². The Morgan fingerprint density at radius 1 is 1.05 bits per heavy atom. The van der Waals surface area contributed by atoms with Crippen molar-refractivity contribution < 1.29 is 18.3 Å². The highest BCUT2D eigenvalue weighted by Crippen LogP contribution is 2.42. The lowest BCUT2D eigenvalue weighted by Gasteiger charge is -2.06. The summed E-state index contributed by atoms with van der Waals surface area (Å²) in [4.78, 5) is 0.988. The van der Waals surface area contributed by atoms with E-state index in [9.17, 15) is 8.78 Å². The minimum Gasteiger partial charge on any atom is -0.395 e. The van der Waals surface area contributed by atoms with E-state index >= 15 is 0 Å². The molecule has 0 bridgehead atoms. The summed E-state index contributed by atoms with van der Waals surface area (Å²) in [6, 6.07) is 12.3. The first-order valence-electron chi connectivity index (χ1n) is 5.60. The first-order chi connectivity index (χ1) is 9.52. The molecule has 0 aliphatic carbocycles. The highest BCUT2D eigenvalue weighted by molar-refractivity contribution is 9.10. The molecular formula is C13H8BrF2NO2S. The van der Waals surface area contributed by atoms with Crippen molar-refractivity contribution in [3.63, 3.8) is 0 Å². The van der Waals surface area contributed by atoms with Crippen LogP contribution in [-0.2, 0) is 0 Å². The van der Waals surface area contributed by atoms with Gasteiger partial charge in [0.05, 0.1) is 0 Å². The molecular weight excluding hydrogens is 352 g/mol. The number of benzene rings is 2. The van der Waals surface area contributed by atoms with Gasteiger partial charge < -0.3 is 14.2 Å². The number of halogens is 3. The third-order valence-electron chi connectivity index (χ3n) is 2.48. The number of nitrogens with one attached hydrogen (secondary N) is 1. The standard InChI is InChI=1S/C13H8BrF2NO2S/c14-8-2-1-3-10(6-8)20-17-9-4-5-11-12(7-9)19-13(15,16)18-11/h1-7,17H. The maximum atomic E-state index is 12.9. The number of anilines is 1. The number of ether oxygens (including phenoxy) is 2. The number of fused-ring (bicyclic) bond motifs is 1. The van der Waals surface area contributed by atoms with Crippen LogP contribution in [0.1, 0.15) is 0 Å². The summed E-state index contributed by atoms with van der Waals surface area (Å²) in [5.41, 5.74) is 0.648. The lowest BCUT2D eigenvalue weighted by atomic mass is 10.3. The van der Waals surface area contributed by atoms with E-state index in [-0.39, 0.29) is 11.5 Å². The van der Waals surface area contributed by atoms with Crippen LogP contribution in [0.2, 0.25) is 0 Å². The van der Waals surface area contributed by atoms with Crippen LogP contribution >= 0.6 is 27.9 Å². The van der Waals surface area contributed by atoms with E-state index in [0.717, 1.165) is 9.37 Å². The first kappa shape index (κ1) is 13.5. The molecule has 0 aromatic heterocycles. The van der Waals surface area contributed by atoms with Crippen molar-refractivity contribution in [3.05, 3.63) is 46.9 Å². The molecule has 7 heteroatoms. The molecule has 2 aromatic carbocycles. The van der Waals surface area contributed by atoms with Gasteiger partial charge in [-0.2, -0.15) is 0 Å². The molecule has 3 nitrogen and oxygen atoms in total. The van der Waals surface area contributed by atoms with E-state index in [1.54, 1.807) is 6.07 Å². The smallest absolute Gasteiger partial charge is 0.395 e. The van der Waals surface area contributed by atoms with Gasteiger partial charge >= 0.3 is 6.29 Å². The third kappa shape index (κ3) is 2.99. The van der Waals surface area contributed by atoms with Crippen molar-refractivity contribution in [2.24, 2.45) is 0 Å². The van der Waals surface area contributed by atoms with Crippen LogP contribution in [-0.4, -0.2) is 6.29 Å². The maximum absolute atomic E-state index is 12.9. The number of hydrogen-bond acceptors (Lipinski definition) is 4. The summed E-state index contributed by atoms with van der Waals surface area (Å²) in [6.07, 6.45) is -3.58. The van der Waals surface area contributed by atoms with Gasteiger partial charge in [-0.15, -0.1) is 8.78 Å². The van der Waals surface area contributed by atoms with E-state index in [0.29, 0.717) is 5.69 Å². The highest BCUT2D eigenvalue weighted by atomic mass is 79.9. The lowest BCUT2D eigenvalue weighted by Crippen LogP contribution is -2.25. The van der Waals surface area contributed by atoms with Crippen LogP contribution in [0.25, 0.3) is 0 Å². The molecule has 3 rings (SSSR count). The van der Waals surface area contributed by atoms with Crippen molar-refractivity contribution in [2.45, 2.75) is 11.2 Å². The maximum Gasteiger partial charge on any atom is 0.586 e. The van der Waals surface area contributed by atoms with Crippen molar-refractivity contribution in [2.75, 3.05) is 4.72 Å². The number of hydrogen-bond donors (Lipinski definition) is 1. The van der Waals surface area contributed by atoms with E-state index in [4.69, 9.17) is 0 Å². The molecule has 0 atom stereocenters. The molecule has 104 valence electrons. The van der Waals surface area contributed by atoms with E-state index in [1.807, 2.05) is 24.3 Å². The largest absolute Gasteiger partial charge is 0.586 e.